The number of nitro benzene ring substituents is 1. The zero-order valence-electron chi connectivity index (χ0n) is 10.6. The molecule has 1 aromatic carbocycles. The second-order valence-corrected chi connectivity index (χ2v) is 5.38. The van der Waals surface area contributed by atoms with Gasteiger partial charge >= 0.3 is 0 Å². The summed E-state index contributed by atoms with van der Waals surface area (Å²) in [5, 5.41) is 14.3. The molecular formula is C12H12N4O3S. The zero-order valence-corrected chi connectivity index (χ0v) is 11.4. The summed E-state index contributed by atoms with van der Waals surface area (Å²) in [6.07, 6.45) is 1.70. The lowest BCUT2D eigenvalue weighted by atomic mass is 10.1. The second kappa shape index (κ2) is 5.66. The van der Waals surface area contributed by atoms with Crippen LogP contribution in [0.4, 0.5) is 11.4 Å². The van der Waals surface area contributed by atoms with Crippen LogP contribution in [-0.4, -0.2) is 15.8 Å². The number of aromatic nitrogens is 1. The number of hydrogen-bond acceptors (Lipinski definition) is 6. The number of nitro groups is 1. The first-order valence-corrected chi connectivity index (χ1v) is 6.52. The number of thiazole rings is 1. The summed E-state index contributed by atoms with van der Waals surface area (Å²) in [6, 6.07) is 3.90. The summed E-state index contributed by atoms with van der Waals surface area (Å²) >= 11 is 1.49. The van der Waals surface area contributed by atoms with Gasteiger partial charge in [-0.15, -0.1) is 11.3 Å². The smallest absolute Gasteiger partial charge is 0.292 e. The highest BCUT2D eigenvalue weighted by Gasteiger charge is 2.14. The van der Waals surface area contributed by atoms with E-state index in [1.165, 1.54) is 29.5 Å². The molecule has 0 radical (unpaired) electrons. The summed E-state index contributed by atoms with van der Waals surface area (Å²) in [7, 11) is 0. The van der Waals surface area contributed by atoms with Crippen LogP contribution in [0, 0.1) is 17.0 Å². The van der Waals surface area contributed by atoms with Gasteiger partial charge in [-0.2, -0.15) is 0 Å². The van der Waals surface area contributed by atoms with E-state index >= 15 is 0 Å². The average Bonchev–Trinajstić information content (AvgIpc) is 2.81. The lowest BCUT2D eigenvalue weighted by Gasteiger charge is -2.04. The Hall–Kier alpha value is -2.48. The summed E-state index contributed by atoms with van der Waals surface area (Å²) in [5.41, 5.74) is 5.59. The largest absolute Gasteiger partial charge is 0.393 e. The fourth-order valence-corrected chi connectivity index (χ4v) is 2.35. The summed E-state index contributed by atoms with van der Waals surface area (Å²) in [4.78, 5) is 27.0. The van der Waals surface area contributed by atoms with Crippen LogP contribution in [0.15, 0.2) is 24.4 Å². The Bertz CT molecular complexity index is 668. The Morgan fingerprint density at radius 2 is 2.30 bits per heavy atom. The third kappa shape index (κ3) is 3.09. The molecule has 0 aliphatic rings. The van der Waals surface area contributed by atoms with Crippen LogP contribution < -0.4 is 11.1 Å². The molecule has 0 atom stereocenters. The summed E-state index contributed by atoms with van der Waals surface area (Å²) in [6.45, 7) is 2.24. The van der Waals surface area contributed by atoms with Gasteiger partial charge in [0.15, 0.2) is 0 Å². The second-order valence-electron chi connectivity index (χ2n) is 4.06. The van der Waals surface area contributed by atoms with Gasteiger partial charge in [0.05, 0.1) is 16.5 Å². The third-order valence-corrected chi connectivity index (χ3v) is 3.49. The topological polar surface area (TPSA) is 111 Å². The van der Waals surface area contributed by atoms with E-state index in [1.807, 2.05) is 6.92 Å². The quantitative estimate of drug-likeness (QED) is 0.507. The van der Waals surface area contributed by atoms with Gasteiger partial charge in [-0.25, -0.2) is 4.98 Å². The Kier molecular flexibility index (Phi) is 3.94. The minimum Gasteiger partial charge on any atom is -0.393 e. The maximum atomic E-state index is 11.9. The molecule has 0 fully saturated rings. The fourth-order valence-electron chi connectivity index (χ4n) is 1.62. The summed E-state index contributed by atoms with van der Waals surface area (Å²) < 4.78 is 0. The average molecular weight is 292 g/mol. The maximum absolute atomic E-state index is 11.9. The van der Waals surface area contributed by atoms with Gasteiger partial charge in [0, 0.05) is 22.7 Å². The van der Waals surface area contributed by atoms with Crippen molar-refractivity contribution in [2.24, 2.45) is 0 Å². The third-order valence-electron chi connectivity index (χ3n) is 2.58. The molecule has 0 aliphatic heterocycles. The van der Waals surface area contributed by atoms with Gasteiger partial charge in [0.25, 0.3) is 11.6 Å². The van der Waals surface area contributed by atoms with Crippen LogP contribution in [-0.2, 0) is 6.54 Å². The molecule has 0 unspecified atom stereocenters. The van der Waals surface area contributed by atoms with E-state index in [2.05, 4.69) is 10.3 Å². The van der Waals surface area contributed by atoms with E-state index in [4.69, 9.17) is 5.73 Å². The highest BCUT2D eigenvalue weighted by atomic mass is 32.1. The first-order valence-electron chi connectivity index (χ1n) is 5.71. The molecule has 0 spiro atoms. The van der Waals surface area contributed by atoms with Crippen LogP contribution in [0.25, 0.3) is 0 Å². The van der Waals surface area contributed by atoms with E-state index in [9.17, 15) is 14.9 Å². The number of hydrogen-bond donors (Lipinski definition) is 2. The Labute approximate surface area is 118 Å². The van der Waals surface area contributed by atoms with Crippen molar-refractivity contribution in [2.75, 3.05) is 5.73 Å². The Morgan fingerprint density at radius 3 is 2.85 bits per heavy atom. The molecule has 0 saturated heterocycles. The van der Waals surface area contributed by atoms with E-state index in [1.54, 1.807) is 6.20 Å². The van der Waals surface area contributed by atoms with E-state index in [0.717, 1.165) is 9.88 Å². The molecule has 1 amide bonds. The standard InChI is InChI=1S/C12H12N4O3S/c1-7-14-5-9(20-7)6-15-12(17)8-2-3-11(16(18)19)10(13)4-8/h2-5H,6,13H2,1H3,(H,15,17). The van der Waals surface area contributed by atoms with Crippen molar-refractivity contribution in [3.05, 3.63) is 50.0 Å². The van der Waals surface area contributed by atoms with Crippen molar-refractivity contribution in [2.45, 2.75) is 13.5 Å². The van der Waals surface area contributed by atoms with Gasteiger partial charge < -0.3 is 11.1 Å². The highest BCUT2D eigenvalue weighted by Crippen LogP contribution is 2.22. The predicted octanol–water partition coefficient (Wildman–Crippen LogP) is 1.87. The molecule has 7 nitrogen and oxygen atoms in total. The van der Waals surface area contributed by atoms with E-state index in [0.29, 0.717) is 6.54 Å². The van der Waals surface area contributed by atoms with Gasteiger partial charge in [0.2, 0.25) is 0 Å². The van der Waals surface area contributed by atoms with Crippen molar-refractivity contribution in [1.29, 1.82) is 0 Å². The number of nitrogens with one attached hydrogen (secondary N) is 1. The molecule has 1 heterocycles. The SMILES string of the molecule is Cc1ncc(CNC(=O)c2ccc([N+](=O)[O-])c(N)c2)s1. The van der Waals surface area contributed by atoms with Crippen molar-refractivity contribution < 1.29 is 9.72 Å². The lowest BCUT2D eigenvalue weighted by molar-refractivity contribution is -0.383. The number of benzene rings is 1. The van der Waals surface area contributed by atoms with Crippen LogP contribution in [0.3, 0.4) is 0 Å². The van der Waals surface area contributed by atoms with Crippen LogP contribution in [0.5, 0.6) is 0 Å². The first-order chi connectivity index (χ1) is 9.47. The Morgan fingerprint density at radius 1 is 1.55 bits per heavy atom. The van der Waals surface area contributed by atoms with Crippen molar-refractivity contribution >= 4 is 28.6 Å². The van der Waals surface area contributed by atoms with Gasteiger partial charge in [-0.3, -0.25) is 14.9 Å². The molecule has 104 valence electrons. The number of carbonyl (C=O) groups is 1. The highest BCUT2D eigenvalue weighted by molar-refractivity contribution is 7.11. The molecule has 0 bridgehead atoms. The Balaban J connectivity index is 2.06. The van der Waals surface area contributed by atoms with Crippen LogP contribution in [0.2, 0.25) is 0 Å². The van der Waals surface area contributed by atoms with E-state index < -0.39 is 4.92 Å². The number of rotatable bonds is 4. The van der Waals surface area contributed by atoms with Gasteiger partial charge in [-0.1, -0.05) is 0 Å². The summed E-state index contributed by atoms with van der Waals surface area (Å²) in [5.74, 6) is -0.336. The van der Waals surface area contributed by atoms with Crippen molar-refractivity contribution in [1.82, 2.24) is 10.3 Å². The number of amides is 1. The molecule has 0 saturated carbocycles. The molecule has 2 rings (SSSR count). The van der Waals surface area contributed by atoms with Crippen molar-refractivity contribution in [3.63, 3.8) is 0 Å². The molecule has 8 heteroatoms. The number of aryl methyl sites for hydroxylation is 1. The fraction of sp³-hybridized carbons (Fsp3) is 0.167. The van der Waals surface area contributed by atoms with Gasteiger partial charge in [0.1, 0.15) is 5.69 Å². The first kappa shape index (κ1) is 13.9. The van der Waals surface area contributed by atoms with Crippen LogP contribution >= 0.6 is 11.3 Å². The monoisotopic (exact) mass is 292 g/mol. The molecule has 1 aromatic heterocycles. The number of nitrogen functional groups attached to an aromatic ring is 1. The normalized spacial score (nSPS) is 10.2. The predicted molar refractivity (Wildman–Crippen MR) is 75.5 cm³/mol. The van der Waals surface area contributed by atoms with E-state index in [-0.39, 0.29) is 22.8 Å². The number of anilines is 1. The number of carbonyl (C=O) groups excluding carboxylic acids is 1. The molecule has 0 aliphatic carbocycles. The van der Waals surface area contributed by atoms with Gasteiger partial charge in [-0.05, 0) is 19.1 Å². The van der Waals surface area contributed by atoms with Crippen molar-refractivity contribution in [3.8, 4) is 0 Å². The van der Waals surface area contributed by atoms with Crippen LogP contribution in [0.1, 0.15) is 20.2 Å². The molecule has 20 heavy (non-hydrogen) atoms. The molecule has 2 aromatic rings. The minimum atomic E-state index is -0.586. The lowest BCUT2D eigenvalue weighted by Crippen LogP contribution is -2.22. The zero-order chi connectivity index (χ0) is 14.7. The number of nitrogens with zero attached hydrogens (tertiary/aromatic N) is 2. The molecule has 3 N–H and O–H groups in total. The minimum absolute atomic E-state index is 0.0312. The maximum Gasteiger partial charge on any atom is 0.292 e. The molecular weight excluding hydrogens is 280 g/mol. The number of nitrogens with two attached hydrogens (primary N) is 1.